The molecule has 0 bridgehead atoms. The van der Waals surface area contributed by atoms with Gasteiger partial charge in [-0.15, -0.1) is 0 Å². The molecule has 1 aliphatic carbocycles. The van der Waals surface area contributed by atoms with Gasteiger partial charge in [-0.3, -0.25) is 0 Å². The maximum atomic E-state index is 5.08. The molecule has 1 unspecified atom stereocenters. The second-order valence-corrected chi connectivity index (χ2v) is 14.9. The van der Waals surface area contributed by atoms with E-state index >= 15 is 0 Å². The monoisotopic (exact) mass is 718 g/mol. The van der Waals surface area contributed by atoms with Gasteiger partial charge in [0.1, 0.15) is 0 Å². The van der Waals surface area contributed by atoms with Gasteiger partial charge in [-0.25, -0.2) is 9.97 Å². The van der Waals surface area contributed by atoms with Crippen LogP contribution < -0.4 is 0 Å². The molecule has 0 amide bonds. The molecular weight excluding hydrogens is 681 g/mol. The Morgan fingerprint density at radius 1 is 0.429 bits per heavy atom. The van der Waals surface area contributed by atoms with Crippen LogP contribution in [0.2, 0.25) is 0 Å². The van der Waals surface area contributed by atoms with Crippen LogP contribution in [0.5, 0.6) is 0 Å². The van der Waals surface area contributed by atoms with Crippen LogP contribution in [0, 0.1) is 0 Å². The number of rotatable bonds is 6. The molecule has 11 rings (SSSR count). The number of benzene rings is 7. The highest BCUT2D eigenvalue weighted by atomic mass is 15.0. The fourth-order valence-corrected chi connectivity index (χ4v) is 9.04. The number of aromatic nitrogens is 4. The Kier molecular flexibility index (Phi) is 7.73. The molecule has 4 nitrogen and oxygen atoms in total. The van der Waals surface area contributed by atoms with E-state index in [2.05, 4.69) is 185 Å². The van der Waals surface area contributed by atoms with Crippen LogP contribution in [0.1, 0.15) is 29.2 Å². The molecule has 3 aromatic heterocycles. The highest BCUT2D eigenvalue weighted by Crippen LogP contribution is 2.42. The number of aryl methyl sites for hydroxylation is 1. The Balaban J connectivity index is 0.974. The van der Waals surface area contributed by atoms with Gasteiger partial charge in [0, 0.05) is 49.9 Å². The zero-order valence-electron chi connectivity index (χ0n) is 30.9. The van der Waals surface area contributed by atoms with E-state index in [1.54, 1.807) is 0 Å². The Labute approximate surface area is 326 Å². The van der Waals surface area contributed by atoms with Crippen molar-refractivity contribution in [2.75, 3.05) is 0 Å². The number of para-hydroxylation sites is 3. The summed E-state index contributed by atoms with van der Waals surface area (Å²) in [5, 5.41) is 3.96. The SMILES string of the molecule is c1ccc(-c2cc(-c3ccccc3)nc(-c3ccc(-n4c5ccccc5c5cc(C6CCc7c(n(-c8ccccc8)c8ccccc78)C6)ccc54)cc3)n2)cc1. The van der Waals surface area contributed by atoms with Gasteiger partial charge < -0.3 is 9.13 Å². The molecule has 1 atom stereocenters. The zero-order valence-corrected chi connectivity index (χ0v) is 30.9. The lowest BCUT2D eigenvalue weighted by atomic mass is 9.82. The van der Waals surface area contributed by atoms with Crippen molar-refractivity contribution in [3.05, 3.63) is 205 Å². The van der Waals surface area contributed by atoms with Crippen LogP contribution in [0.15, 0.2) is 188 Å². The van der Waals surface area contributed by atoms with E-state index in [1.807, 2.05) is 12.1 Å². The van der Waals surface area contributed by atoms with Gasteiger partial charge in [0.25, 0.3) is 0 Å². The Morgan fingerprint density at radius 2 is 0.982 bits per heavy atom. The first-order valence-electron chi connectivity index (χ1n) is 19.6. The minimum atomic E-state index is 0.437. The van der Waals surface area contributed by atoms with Gasteiger partial charge in [-0.1, -0.05) is 121 Å². The molecule has 266 valence electrons. The number of fused-ring (bicyclic) bond motifs is 6. The molecule has 0 N–H and O–H groups in total. The summed E-state index contributed by atoms with van der Waals surface area (Å²) in [5.41, 5.74) is 15.4. The van der Waals surface area contributed by atoms with Gasteiger partial charge in [0.15, 0.2) is 5.82 Å². The normalized spacial score (nSPS) is 14.0. The second kappa shape index (κ2) is 13.4. The minimum Gasteiger partial charge on any atom is -0.313 e. The first-order chi connectivity index (χ1) is 27.8. The van der Waals surface area contributed by atoms with Crippen LogP contribution in [-0.2, 0) is 12.8 Å². The maximum absolute atomic E-state index is 5.08. The van der Waals surface area contributed by atoms with Crippen molar-refractivity contribution in [3.8, 4) is 45.3 Å². The van der Waals surface area contributed by atoms with E-state index in [0.717, 1.165) is 53.0 Å². The highest BCUT2D eigenvalue weighted by molar-refractivity contribution is 6.09. The molecular formula is C52H38N4. The summed E-state index contributed by atoms with van der Waals surface area (Å²) in [5.74, 6) is 1.15. The number of nitrogens with zero attached hydrogens (tertiary/aromatic N) is 4. The summed E-state index contributed by atoms with van der Waals surface area (Å²) < 4.78 is 4.91. The van der Waals surface area contributed by atoms with Crippen molar-refractivity contribution in [1.29, 1.82) is 0 Å². The minimum absolute atomic E-state index is 0.437. The predicted octanol–water partition coefficient (Wildman–Crippen LogP) is 12.8. The Hall–Kier alpha value is -7.04. The van der Waals surface area contributed by atoms with Crippen molar-refractivity contribution in [3.63, 3.8) is 0 Å². The fraction of sp³-hybridized carbons (Fsp3) is 0.0769. The van der Waals surface area contributed by atoms with Crippen molar-refractivity contribution in [1.82, 2.24) is 19.1 Å². The predicted molar refractivity (Wildman–Crippen MR) is 231 cm³/mol. The third-order valence-corrected chi connectivity index (χ3v) is 11.7. The first-order valence-corrected chi connectivity index (χ1v) is 19.6. The van der Waals surface area contributed by atoms with Crippen molar-refractivity contribution in [2.24, 2.45) is 0 Å². The van der Waals surface area contributed by atoms with Crippen molar-refractivity contribution < 1.29 is 0 Å². The van der Waals surface area contributed by atoms with E-state index in [1.165, 1.54) is 55.2 Å². The van der Waals surface area contributed by atoms with Gasteiger partial charge in [0.2, 0.25) is 0 Å². The molecule has 0 saturated carbocycles. The van der Waals surface area contributed by atoms with E-state index in [0.29, 0.717) is 11.7 Å². The van der Waals surface area contributed by atoms with E-state index in [-0.39, 0.29) is 0 Å². The van der Waals surface area contributed by atoms with Crippen LogP contribution >= 0.6 is 0 Å². The summed E-state index contributed by atoms with van der Waals surface area (Å²) in [7, 11) is 0. The Morgan fingerprint density at radius 3 is 1.66 bits per heavy atom. The van der Waals surface area contributed by atoms with Gasteiger partial charge in [-0.05, 0) is 103 Å². The average molecular weight is 719 g/mol. The molecule has 3 heterocycles. The number of hydrogen-bond donors (Lipinski definition) is 0. The van der Waals surface area contributed by atoms with Crippen LogP contribution in [-0.4, -0.2) is 19.1 Å². The summed E-state index contributed by atoms with van der Waals surface area (Å²) in [6, 6.07) is 67.4. The standard InChI is InChI=1S/C52H38N4/c1-4-14-35(15-5-1)46-34-47(36-16-6-2-7-17-36)54-52(53-46)37-24-28-41(29-25-37)55-49-23-13-11-21-43(49)45-32-38(27-31-50(45)55)39-26-30-44-42-20-10-12-22-48(42)56(51(44)33-39)40-18-8-3-9-19-40/h1-25,27-29,31-32,34,39H,26,30,33H2. The number of hydrogen-bond acceptors (Lipinski definition) is 2. The van der Waals surface area contributed by atoms with Gasteiger partial charge in [-0.2, -0.15) is 0 Å². The molecule has 0 fully saturated rings. The van der Waals surface area contributed by atoms with Gasteiger partial charge >= 0.3 is 0 Å². The van der Waals surface area contributed by atoms with E-state index in [9.17, 15) is 0 Å². The molecule has 0 aliphatic heterocycles. The smallest absolute Gasteiger partial charge is 0.160 e. The molecule has 4 heteroatoms. The summed E-state index contributed by atoms with van der Waals surface area (Å²) in [6.45, 7) is 0. The van der Waals surface area contributed by atoms with E-state index in [4.69, 9.17) is 9.97 Å². The maximum Gasteiger partial charge on any atom is 0.160 e. The molecule has 0 spiro atoms. The molecule has 56 heavy (non-hydrogen) atoms. The molecule has 10 aromatic rings. The molecule has 0 radical (unpaired) electrons. The zero-order chi connectivity index (χ0) is 37.0. The topological polar surface area (TPSA) is 35.6 Å². The highest BCUT2D eigenvalue weighted by Gasteiger charge is 2.27. The lowest BCUT2D eigenvalue weighted by molar-refractivity contribution is 0.573. The van der Waals surface area contributed by atoms with Crippen LogP contribution in [0.25, 0.3) is 78.0 Å². The summed E-state index contributed by atoms with van der Waals surface area (Å²) >= 11 is 0. The molecule has 7 aromatic carbocycles. The lowest BCUT2D eigenvalue weighted by Crippen LogP contribution is -2.15. The Bertz CT molecular complexity index is 2970. The van der Waals surface area contributed by atoms with Crippen LogP contribution in [0.4, 0.5) is 0 Å². The first kappa shape index (κ1) is 32.4. The summed E-state index contributed by atoms with van der Waals surface area (Å²) in [6.07, 6.45) is 3.24. The molecule has 0 saturated heterocycles. The van der Waals surface area contributed by atoms with Crippen molar-refractivity contribution >= 4 is 32.7 Å². The largest absolute Gasteiger partial charge is 0.313 e. The second-order valence-electron chi connectivity index (χ2n) is 14.9. The molecule has 1 aliphatic rings. The average Bonchev–Trinajstić information content (AvgIpc) is 3.79. The van der Waals surface area contributed by atoms with E-state index < -0.39 is 0 Å². The third-order valence-electron chi connectivity index (χ3n) is 11.7. The quantitative estimate of drug-likeness (QED) is 0.172. The third kappa shape index (κ3) is 5.45. The van der Waals surface area contributed by atoms with Crippen LogP contribution in [0.3, 0.4) is 0 Å². The van der Waals surface area contributed by atoms with Gasteiger partial charge in [0.05, 0.1) is 27.9 Å². The lowest BCUT2D eigenvalue weighted by Gasteiger charge is -2.25. The fourth-order valence-electron chi connectivity index (χ4n) is 9.04. The summed E-state index contributed by atoms with van der Waals surface area (Å²) in [4.78, 5) is 10.2. The van der Waals surface area contributed by atoms with Crippen molar-refractivity contribution in [2.45, 2.75) is 25.2 Å².